The second-order valence-corrected chi connectivity index (χ2v) is 5.82. The molecule has 0 spiro atoms. The Morgan fingerprint density at radius 1 is 0.821 bits per heavy atom. The van der Waals surface area contributed by atoms with Crippen LogP contribution in [0.3, 0.4) is 0 Å². The Labute approximate surface area is 161 Å². The fraction of sp³-hybridized carbons (Fsp3) is 0.190. The number of esters is 2. The monoisotopic (exact) mass is 381 g/mol. The first-order valence-electron chi connectivity index (χ1n) is 8.35. The highest BCUT2D eigenvalue weighted by molar-refractivity contribution is 6.15. The highest BCUT2D eigenvalue weighted by Gasteiger charge is 2.26. The fourth-order valence-corrected chi connectivity index (χ4v) is 3.13. The summed E-state index contributed by atoms with van der Waals surface area (Å²) < 4.78 is 20.7. The lowest BCUT2D eigenvalue weighted by atomic mass is 9.89. The van der Waals surface area contributed by atoms with Crippen molar-refractivity contribution in [2.24, 2.45) is 0 Å². The first kappa shape index (κ1) is 19.2. The molecule has 0 atom stereocenters. The maximum absolute atomic E-state index is 12.7. The van der Waals surface area contributed by atoms with Gasteiger partial charge in [-0.3, -0.25) is 4.98 Å². The van der Waals surface area contributed by atoms with Gasteiger partial charge >= 0.3 is 11.9 Å². The Bertz CT molecular complexity index is 1050. The zero-order valence-electron chi connectivity index (χ0n) is 15.9. The van der Waals surface area contributed by atoms with Crippen LogP contribution in [0.4, 0.5) is 0 Å². The number of nitrogens with zero attached hydrogens (tertiary/aromatic N) is 1. The normalized spacial score (nSPS) is 10.4. The van der Waals surface area contributed by atoms with Gasteiger partial charge in [-0.15, -0.1) is 0 Å². The maximum Gasteiger partial charge on any atom is 0.339 e. The lowest BCUT2D eigenvalue weighted by Gasteiger charge is -2.17. The number of pyridine rings is 1. The average Bonchev–Trinajstić information content (AvgIpc) is 2.76. The van der Waals surface area contributed by atoms with Crippen molar-refractivity contribution in [3.8, 4) is 22.6 Å². The minimum Gasteiger partial charge on any atom is -0.493 e. The van der Waals surface area contributed by atoms with Gasteiger partial charge in [-0.25, -0.2) is 9.59 Å². The quantitative estimate of drug-likeness (QED) is 0.626. The van der Waals surface area contributed by atoms with Crippen molar-refractivity contribution in [3.05, 3.63) is 53.9 Å². The fourth-order valence-electron chi connectivity index (χ4n) is 3.13. The molecule has 0 fully saturated rings. The molecule has 1 heterocycles. The maximum atomic E-state index is 12.7. The molecule has 7 nitrogen and oxygen atoms in total. The number of hydrogen-bond donors (Lipinski definition) is 0. The lowest BCUT2D eigenvalue weighted by Crippen LogP contribution is -2.14. The number of fused-ring (bicyclic) bond motifs is 1. The molecule has 1 aromatic heterocycles. The largest absolute Gasteiger partial charge is 0.493 e. The van der Waals surface area contributed by atoms with Gasteiger partial charge in [0.2, 0.25) is 0 Å². The van der Waals surface area contributed by atoms with Crippen molar-refractivity contribution in [1.82, 2.24) is 4.98 Å². The van der Waals surface area contributed by atoms with Crippen molar-refractivity contribution in [2.75, 3.05) is 28.4 Å². The molecule has 0 unspecified atom stereocenters. The first-order chi connectivity index (χ1) is 13.5. The van der Waals surface area contributed by atoms with Gasteiger partial charge in [0.25, 0.3) is 0 Å². The van der Waals surface area contributed by atoms with Crippen molar-refractivity contribution >= 4 is 22.7 Å². The van der Waals surface area contributed by atoms with Crippen molar-refractivity contribution in [1.29, 1.82) is 0 Å². The van der Waals surface area contributed by atoms with Crippen molar-refractivity contribution in [2.45, 2.75) is 0 Å². The summed E-state index contributed by atoms with van der Waals surface area (Å²) in [5.41, 5.74) is 1.42. The van der Waals surface area contributed by atoms with E-state index in [9.17, 15) is 9.59 Å². The molecule has 0 amide bonds. The first-order valence-corrected chi connectivity index (χ1v) is 8.35. The number of rotatable bonds is 5. The van der Waals surface area contributed by atoms with Gasteiger partial charge in [-0.05, 0) is 46.7 Å². The van der Waals surface area contributed by atoms with Crippen molar-refractivity contribution in [3.63, 3.8) is 0 Å². The summed E-state index contributed by atoms with van der Waals surface area (Å²) >= 11 is 0. The number of carbonyl (C=O) groups excluding carboxylic acids is 2. The molecule has 0 aliphatic heterocycles. The predicted octanol–water partition coefficient (Wildman–Crippen LogP) is 3.49. The second-order valence-electron chi connectivity index (χ2n) is 5.82. The summed E-state index contributed by atoms with van der Waals surface area (Å²) in [5, 5.41) is 1.37. The second kappa shape index (κ2) is 7.96. The predicted molar refractivity (Wildman–Crippen MR) is 103 cm³/mol. The molecule has 3 aromatic rings. The van der Waals surface area contributed by atoms with E-state index in [0.717, 1.165) is 0 Å². The van der Waals surface area contributed by atoms with E-state index in [1.54, 1.807) is 42.7 Å². The van der Waals surface area contributed by atoms with Gasteiger partial charge in [-0.1, -0.05) is 0 Å². The third-order valence-electron chi connectivity index (χ3n) is 4.41. The lowest BCUT2D eigenvalue weighted by molar-refractivity contribution is 0.0556. The van der Waals surface area contributed by atoms with Crippen LogP contribution in [-0.4, -0.2) is 45.4 Å². The molecular formula is C21H19NO6. The number of hydrogen-bond acceptors (Lipinski definition) is 7. The van der Waals surface area contributed by atoms with E-state index >= 15 is 0 Å². The molecule has 0 aliphatic rings. The number of methoxy groups -OCH3 is 4. The van der Waals surface area contributed by atoms with Gasteiger partial charge in [0, 0.05) is 18.0 Å². The van der Waals surface area contributed by atoms with Crippen LogP contribution in [0.15, 0.2) is 42.7 Å². The van der Waals surface area contributed by atoms with Gasteiger partial charge in [0.05, 0.1) is 39.6 Å². The number of carbonyl (C=O) groups is 2. The number of benzene rings is 2. The molecular weight excluding hydrogens is 362 g/mol. The highest BCUT2D eigenvalue weighted by Crippen LogP contribution is 2.40. The Morgan fingerprint density at radius 2 is 1.43 bits per heavy atom. The topological polar surface area (TPSA) is 84.0 Å². The Hall–Kier alpha value is -3.61. The van der Waals surface area contributed by atoms with Gasteiger partial charge in [0.1, 0.15) is 0 Å². The van der Waals surface area contributed by atoms with E-state index in [1.807, 2.05) is 0 Å². The van der Waals surface area contributed by atoms with Crippen LogP contribution in [0.1, 0.15) is 20.7 Å². The average molecular weight is 381 g/mol. The molecule has 0 aliphatic carbocycles. The van der Waals surface area contributed by atoms with E-state index < -0.39 is 11.9 Å². The molecule has 7 heteroatoms. The summed E-state index contributed by atoms with van der Waals surface area (Å²) in [5.74, 6) is -0.305. The Balaban J connectivity index is 2.54. The summed E-state index contributed by atoms with van der Waals surface area (Å²) in [6.07, 6.45) is 3.21. The van der Waals surface area contributed by atoms with E-state index in [2.05, 4.69) is 4.98 Å². The minimum absolute atomic E-state index is 0.0980. The Morgan fingerprint density at radius 3 is 2.00 bits per heavy atom. The molecule has 0 saturated heterocycles. The van der Waals surface area contributed by atoms with Crippen molar-refractivity contribution < 1.29 is 28.5 Å². The van der Waals surface area contributed by atoms with Crippen LogP contribution in [0.25, 0.3) is 21.9 Å². The minimum atomic E-state index is -0.649. The standard InChI is InChI=1S/C21H19NO6/c1-25-16-10-13-9-15(20(23)27-3)19(21(24)28-4)18(12-5-7-22-8-6-12)14(13)11-17(16)26-2/h5-11H,1-4H3. The molecule has 0 bridgehead atoms. The number of aromatic nitrogens is 1. The SMILES string of the molecule is COC(=O)c1cc2cc(OC)c(OC)cc2c(-c2ccncc2)c1C(=O)OC. The van der Waals surface area contributed by atoms with Gasteiger partial charge in [0.15, 0.2) is 11.5 Å². The van der Waals surface area contributed by atoms with Gasteiger partial charge in [-0.2, -0.15) is 0 Å². The zero-order chi connectivity index (χ0) is 20.3. The smallest absolute Gasteiger partial charge is 0.339 e. The molecule has 0 radical (unpaired) electrons. The van der Waals surface area contributed by atoms with E-state index in [1.165, 1.54) is 28.4 Å². The highest BCUT2D eigenvalue weighted by atomic mass is 16.5. The van der Waals surface area contributed by atoms with E-state index in [0.29, 0.717) is 33.4 Å². The van der Waals surface area contributed by atoms with E-state index in [4.69, 9.17) is 18.9 Å². The molecule has 2 aromatic carbocycles. The van der Waals surface area contributed by atoms with Crippen LogP contribution in [0, 0.1) is 0 Å². The molecule has 0 saturated carbocycles. The summed E-state index contributed by atoms with van der Waals surface area (Å²) in [4.78, 5) is 29.2. The summed E-state index contributed by atoms with van der Waals surface area (Å²) in [7, 11) is 5.57. The zero-order valence-corrected chi connectivity index (χ0v) is 15.9. The summed E-state index contributed by atoms with van der Waals surface area (Å²) in [6, 6.07) is 8.59. The third kappa shape index (κ3) is 3.22. The molecule has 144 valence electrons. The van der Waals surface area contributed by atoms with Crippen LogP contribution in [0.5, 0.6) is 11.5 Å². The van der Waals surface area contributed by atoms with E-state index in [-0.39, 0.29) is 11.1 Å². The van der Waals surface area contributed by atoms with Crippen LogP contribution >= 0.6 is 0 Å². The molecule has 0 N–H and O–H groups in total. The van der Waals surface area contributed by atoms with Crippen LogP contribution in [-0.2, 0) is 9.47 Å². The van der Waals surface area contributed by atoms with Gasteiger partial charge < -0.3 is 18.9 Å². The van der Waals surface area contributed by atoms with Crippen LogP contribution in [0.2, 0.25) is 0 Å². The molecule has 28 heavy (non-hydrogen) atoms. The van der Waals surface area contributed by atoms with Crippen LogP contribution < -0.4 is 9.47 Å². The summed E-state index contributed by atoms with van der Waals surface area (Å²) in [6.45, 7) is 0. The molecule has 3 rings (SSSR count). The Kier molecular flexibility index (Phi) is 5.44. The number of ether oxygens (including phenoxy) is 4. The third-order valence-corrected chi connectivity index (χ3v) is 4.41.